The fraction of sp³-hybridized carbons (Fsp3) is 0.444. The zero-order valence-corrected chi connectivity index (χ0v) is 20.0. The van der Waals surface area contributed by atoms with Crippen molar-refractivity contribution >= 4 is 5.91 Å². The normalized spacial score (nSPS) is 20.5. The van der Waals surface area contributed by atoms with E-state index in [2.05, 4.69) is 39.4 Å². The number of amides is 1. The van der Waals surface area contributed by atoms with E-state index in [-0.39, 0.29) is 23.9 Å². The van der Waals surface area contributed by atoms with Gasteiger partial charge in [-0.05, 0) is 55.2 Å². The maximum absolute atomic E-state index is 12.3. The summed E-state index contributed by atoms with van der Waals surface area (Å²) in [6.07, 6.45) is 4.82. The van der Waals surface area contributed by atoms with Gasteiger partial charge in [-0.1, -0.05) is 36.2 Å². The van der Waals surface area contributed by atoms with Crippen molar-refractivity contribution in [3.8, 4) is 11.5 Å². The van der Waals surface area contributed by atoms with E-state index in [1.165, 1.54) is 36.8 Å². The molecule has 3 aliphatic rings. The lowest BCUT2D eigenvalue weighted by Gasteiger charge is -2.46. The third-order valence-electron chi connectivity index (χ3n) is 7.64. The minimum Gasteiger partial charge on any atom is -0.486 e. The third kappa shape index (κ3) is 4.16. The van der Waals surface area contributed by atoms with Crippen LogP contribution in [0.2, 0.25) is 0 Å². The molecule has 1 saturated carbocycles. The SMILES string of the molecule is CC1c2cc3c(cc2C2(CCCC2)CN1Cc1nc(CNC(=O)c2ccccc2)no1)OCCO3. The fourth-order valence-electron chi connectivity index (χ4n) is 5.84. The van der Waals surface area contributed by atoms with Crippen LogP contribution in [0.1, 0.15) is 71.8 Å². The molecule has 35 heavy (non-hydrogen) atoms. The first-order valence-corrected chi connectivity index (χ1v) is 12.4. The van der Waals surface area contributed by atoms with E-state index in [4.69, 9.17) is 14.0 Å². The topological polar surface area (TPSA) is 89.7 Å². The van der Waals surface area contributed by atoms with Crippen molar-refractivity contribution in [1.82, 2.24) is 20.4 Å². The average Bonchev–Trinajstić information content (AvgIpc) is 3.55. The molecule has 1 spiro atoms. The second-order valence-corrected chi connectivity index (χ2v) is 9.80. The van der Waals surface area contributed by atoms with Crippen LogP contribution in [0.25, 0.3) is 0 Å². The lowest BCUT2D eigenvalue weighted by Crippen LogP contribution is -2.45. The first-order chi connectivity index (χ1) is 17.1. The van der Waals surface area contributed by atoms with Crippen LogP contribution in [0.15, 0.2) is 47.0 Å². The number of hydrogen-bond acceptors (Lipinski definition) is 7. The summed E-state index contributed by atoms with van der Waals surface area (Å²) in [4.78, 5) is 19.3. The van der Waals surface area contributed by atoms with Crippen LogP contribution >= 0.6 is 0 Å². The Morgan fingerprint density at radius 3 is 2.63 bits per heavy atom. The quantitative estimate of drug-likeness (QED) is 0.594. The van der Waals surface area contributed by atoms with E-state index >= 15 is 0 Å². The van der Waals surface area contributed by atoms with Gasteiger partial charge in [-0.2, -0.15) is 4.98 Å². The van der Waals surface area contributed by atoms with Crippen molar-refractivity contribution in [2.24, 2.45) is 0 Å². The maximum atomic E-state index is 12.3. The average molecular weight is 475 g/mol. The number of carbonyl (C=O) groups excluding carboxylic acids is 1. The maximum Gasteiger partial charge on any atom is 0.251 e. The Hall–Kier alpha value is -3.39. The van der Waals surface area contributed by atoms with Crippen LogP contribution in [-0.4, -0.2) is 40.7 Å². The zero-order chi connectivity index (χ0) is 23.8. The van der Waals surface area contributed by atoms with Crippen LogP contribution in [0.3, 0.4) is 0 Å². The standard InChI is InChI=1S/C27H30N4O4/c1-18-20-13-22-23(34-12-11-33-22)14-21(20)27(9-5-6-10-27)17-31(18)16-25-29-24(30-35-25)15-28-26(32)19-7-3-2-4-8-19/h2-4,7-8,13-14,18H,5-6,9-12,15-17H2,1H3,(H,28,32). The molecule has 1 aromatic heterocycles. The number of aromatic nitrogens is 2. The zero-order valence-electron chi connectivity index (χ0n) is 20.0. The van der Waals surface area contributed by atoms with Crippen molar-refractivity contribution in [2.75, 3.05) is 19.8 Å². The van der Waals surface area contributed by atoms with Crippen LogP contribution in [0, 0.1) is 0 Å². The van der Waals surface area contributed by atoms with Crippen LogP contribution in [0.4, 0.5) is 0 Å². The Morgan fingerprint density at radius 1 is 1.11 bits per heavy atom. The number of nitrogens with one attached hydrogen (secondary N) is 1. The second-order valence-electron chi connectivity index (χ2n) is 9.80. The lowest BCUT2D eigenvalue weighted by molar-refractivity contribution is 0.0949. The van der Waals surface area contributed by atoms with Crippen LogP contribution < -0.4 is 14.8 Å². The molecule has 3 aromatic rings. The highest BCUT2D eigenvalue weighted by molar-refractivity contribution is 5.93. The molecule has 0 radical (unpaired) electrons. The molecule has 2 aliphatic heterocycles. The smallest absolute Gasteiger partial charge is 0.251 e. The highest BCUT2D eigenvalue weighted by atomic mass is 16.6. The van der Waals surface area contributed by atoms with Crippen molar-refractivity contribution in [3.05, 3.63) is 70.9 Å². The first-order valence-electron chi connectivity index (χ1n) is 12.4. The highest BCUT2D eigenvalue weighted by Gasteiger charge is 2.45. The molecular formula is C27H30N4O4. The van der Waals surface area contributed by atoms with Gasteiger partial charge in [-0.25, -0.2) is 0 Å². The molecule has 3 heterocycles. The van der Waals surface area contributed by atoms with Gasteiger partial charge in [0.25, 0.3) is 5.91 Å². The van der Waals surface area contributed by atoms with Crippen LogP contribution in [0.5, 0.6) is 11.5 Å². The summed E-state index contributed by atoms with van der Waals surface area (Å²) in [7, 11) is 0. The molecule has 2 aromatic carbocycles. The molecule has 1 N–H and O–H groups in total. The summed E-state index contributed by atoms with van der Waals surface area (Å²) in [5.41, 5.74) is 3.44. The number of benzene rings is 2. The molecule has 8 heteroatoms. The Labute approximate surface area is 204 Å². The van der Waals surface area contributed by atoms with E-state index in [1.807, 2.05) is 18.2 Å². The van der Waals surface area contributed by atoms with Gasteiger partial charge in [-0.3, -0.25) is 9.69 Å². The monoisotopic (exact) mass is 474 g/mol. The number of carbonyl (C=O) groups is 1. The van der Waals surface area contributed by atoms with E-state index in [1.54, 1.807) is 12.1 Å². The molecular weight excluding hydrogens is 444 g/mol. The summed E-state index contributed by atoms with van der Waals surface area (Å²) < 4.78 is 17.4. The molecule has 1 unspecified atom stereocenters. The Kier molecular flexibility index (Phi) is 5.68. The number of rotatable bonds is 5. The molecule has 1 amide bonds. The molecule has 1 fully saturated rings. The van der Waals surface area contributed by atoms with Crippen molar-refractivity contribution in [3.63, 3.8) is 0 Å². The van der Waals surface area contributed by atoms with E-state index < -0.39 is 0 Å². The van der Waals surface area contributed by atoms with Gasteiger partial charge < -0.3 is 19.3 Å². The minimum atomic E-state index is -0.157. The van der Waals surface area contributed by atoms with Crippen molar-refractivity contribution in [2.45, 2.75) is 57.2 Å². The van der Waals surface area contributed by atoms with Gasteiger partial charge in [0.1, 0.15) is 13.2 Å². The van der Waals surface area contributed by atoms with Crippen molar-refractivity contribution < 1.29 is 18.8 Å². The first kappa shape index (κ1) is 22.1. The summed E-state index contributed by atoms with van der Waals surface area (Å²) in [6, 6.07) is 13.7. The van der Waals surface area contributed by atoms with Gasteiger partial charge in [0.05, 0.1) is 13.1 Å². The summed E-state index contributed by atoms with van der Waals surface area (Å²) >= 11 is 0. The molecule has 8 nitrogen and oxygen atoms in total. The van der Waals surface area contributed by atoms with Crippen molar-refractivity contribution in [1.29, 1.82) is 0 Å². The fourth-order valence-corrected chi connectivity index (χ4v) is 5.84. The molecule has 0 saturated heterocycles. The van der Waals surface area contributed by atoms with Gasteiger partial charge >= 0.3 is 0 Å². The Bertz CT molecular complexity index is 1220. The predicted molar refractivity (Wildman–Crippen MR) is 128 cm³/mol. The molecule has 1 atom stereocenters. The lowest BCUT2D eigenvalue weighted by atomic mass is 9.71. The summed E-state index contributed by atoms with van der Waals surface area (Å²) in [5, 5.41) is 6.96. The van der Waals surface area contributed by atoms with Crippen LogP contribution in [-0.2, 0) is 18.5 Å². The molecule has 0 bridgehead atoms. The molecule has 6 rings (SSSR count). The number of hydrogen-bond donors (Lipinski definition) is 1. The van der Waals surface area contributed by atoms with Gasteiger partial charge in [-0.15, -0.1) is 0 Å². The number of ether oxygens (including phenoxy) is 2. The highest BCUT2D eigenvalue weighted by Crippen LogP contribution is 2.52. The predicted octanol–water partition coefficient (Wildman–Crippen LogP) is 4.16. The second kappa shape index (κ2) is 9.00. The minimum absolute atomic E-state index is 0.115. The summed E-state index contributed by atoms with van der Waals surface area (Å²) in [5.74, 6) is 2.60. The largest absolute Gasteiger partial charge is 0.486 e. The molecule has 182 valence electrons. The van der Waals surface area contributed by atoms with Gasteiger partial charge in [0, 0.05) is 23.6 Å². The van der Waals surface area contributed by atoms with Gasteiger partial charge in [0.2, 0.25) is 5.89 Å². The van der Waals surface area contributed by atoms with E-state index in [0.717, 1.165) is 18.0 Å². The number of fused-ring (bicyclic) bond motifs is 3. The Morgan fingerprint density at radius 2 is 1.86 bits per heavy atom. The summed E-state index contributed by atoms with van der Waals surface area (Å²) in [6.45, 7) is 5.16. The Balaban J connectivity index is 1.19. The van der Waals surface area contributed by atoms with E-state index in [9.17, 15) is 4.79 Å². The van der Waals surface area contributed by atoms with Gasteiger partial charge in [0.15, 0.2) is 17.3 Å². The molecule has 1 aliphatic carbocycles. The van der Waals surface area contributed by atoms with E-state index in [0.29, 0.717) is 37.0 Å². The number of nitrogens with zero attached hydrogens (tertiary/aromatic N) is 3. The third-order valence-corrected chi connectivity index (χ3v) is 7.64.